The fourth-order valence-corrected chi connectivity index (χ4v) is 4.40. The van der Waals surface area contributed by atoms with Crippen LogP contribution in [0.4, 0.5) is 0 Å². The van der Waals surface area contributed by atoms with E-state index in [1.807, 2.05) is 38.1 Å². The number of nitrogens with zero attached hydrogens (tertiary/aromatic N) is 3. The standard InChI is InChI=1S/C25H25Cl2N3O4S/c1-25(2,19-12-17(14-28)24(22(27)13-19)33-11-9-26)18-4-6-21(7-5-18)34-15-20-8-10-29-23(30-20)16-35(3,31)32/h4-8,10,12-13H,9,11,15-16H2,1-3H3. The molecule has 7 nitrogen and oxygen atoms in total. The number of hydrogen-bond acceptors (Lipinski definition) is 7. The van der Waals surface area contributed by atoms with Crippen LogP contribution in [-0.2, 0) is 27.6 Å². The van der Waals surface area contributed by atoms with Gasteiger partial charge in [-0.2, -0.15) is 5.26 Å². The first-order chi connectivity index (χ1) is 16.5. The van der Waals surface area contributed by atoms with Crippen molar-refractivity contribution < 1.29 is 17.9 Å². The molecule has 0 aliphatic carbocycles. The SMILES string of the molecule is CC(C)(c1ccc(OCc2ccnc(CS(C)(=O)=O)n2)cc1)c1cc(Cl)c(OCCCl)c(C#N)c1. The lowest BCUT2D eigenvalue weighted by Crippen LogP contribution is -2.19. The molecule has 0 aliphatic heterocycles. The molecule has 0 saturated carbocycles. The molecular weight excluding hydrogens is 509 g/mol. The summed E-state index contributed by atoms with van der Waals surface area (Å²) in [6, 6.07) is 15.0. The highest BCUT2D eigenvalue weighted by atomic mass is 35.5. The predicted molar refractivity (Wildman–Crippen MR) is 136 cm³/mol. The van der Waals surface area contributed by atoms with E-state index in [-0.39, 0.29) is 24.8 Å². The number of nitriles is 1. The van der Waals surface area contributed by atoms with E-state index in [0.29, 0.717) is 33.7 Å². The topological polar surface area (TPSA) is 102 Å². The molecule has 184 valence electrons. The first kappa shape index (κ1) is 26.7. The van der Waals surface area contributed by atoms with Crippen LogP contribution < -0.4 is 9.47 Å². The van der Waals surface area contributed by atoms with Crippen molar-refractivity contribution in [3.05, 3.63) is 81.9 Å². The smallest absolute Gasteiger partial charge is 0.155 e. The van der Waals surface area contributed by atoms with Crippen molar-refractivity contribution in [2.45, 2.75) is 31.6 Å². The van der Waals surface area contributed by atoms with E-state index in [4.69, 9.17) is 32.7 Å². The molecule has 1 aromatic heterocycles. The lowest BCUT2D eigenvalue weighted by atomic mass is 9.77. The molecular formula is C25H25Cl2N3O4S. The molecule has 0 N–H and O–H groups in total. The zero-order chi connectivity index (χ0) is 25.6. The summed E-state index contributed by atoms with van der Waals surface area (Å²) in [5.74, 6) is 1.28. The highest BCUT2D eigenvalue weighted by Gasteiger charge is 2.26. The summed E-state index contributed by atoms with van der Waals surface area (Å²) in [5.41, 5.74) is 2.34. The fourth-order valence-electron chi connectivity index (χ4n) is 3.44. The summed E-state index contributed by atoms with van der Waals surface area (Å²) in [5, 5.41) is 9.95. The third-order valence-electron chi connectivity index (χ3n) is 5.33. The minimum atomic E-state index is -3.22. The quantitative estimate of drug-likeness (QED) is 0.335. The van der Waals surface area contributed by atoms with Crippen LogP contribution >= 0.6 is 23.2 Å². The summed E-state index contributed by atoms with van der Waals surface area (Å²) in [7, 11) is -3.22. The van der Waals surface area contributed by atoms with Gasteiger partial charge in [0, 0.05) is 17.9 Å². The lowest BCUT2D eigenvalue weighted by molar-refractivity contribution is 0.300. The predicted octanol–water partition coefficient (Wildman–Crippen LogP) is 5.07. The molecule has 35 heavy (non-hydrogen) atoms. The van der Waals surface area contributed by atoms with E-state index in [1.54, 1.807) is 18.2 Å². The molecule has 0 unspecified atom stereocenters. The molecule has 0 bridgehead atoms. The van der Waals surface area contributed by atoms with E-state index >= 15 is 0 Å². The zero-order valence-electron chi connectivity index (χ0n) is 19.6. The monoisotopic (exact) mass is 533 g/mol. The largest absolute Gasteiger partial charge is 0.489 e. The van der Waals surface area contributed by atoms with Gasteiger partial charge in [-0.1, -0.05) is 37.6 Å². The van der Waals surface area contributed by atoms with Crippen LogP contribution in [0.3, 0.4) is 0 Å². The normalized spacial score (nSPS) is 11.7. The average molecular weight is 534 g/mol. The van der Waals surface area contributed by atoms with Crippen molar-refractivity contribution in [1.29, 1.82) is 5.26 Å². The van der Waals surface area contributed by atoms with Gasteiger partial charge in [-0.3, -0.25) is 0 Å². The second-order valence-electron chi connectivity index (χ2n) is 8.46. The maximum absolute atomic E-state index is 11.5. The molecule has 0 amide bonds. The van der Waals surface area contributed by atoms with Gasteiger partial charge in [0.25, 0.3) is 0 Å². The van der Waals surface area contributed by atoms with Gasteiger partial charge in [0.05, 0.1) is 22.2 Å². The second kappa shape index (κ2) is 11.3. The number of ether oxygens (including phenoxy) is 2. The Bertz CT molecular complexity index is 1340. The van der Waals surface area contributed by atoms with Gasteiger partial charge in [0.1, 0.15) is 36.6 Å². The van der Waals surface area contributed by atoms with Crippen molar-refractivity contribution in [1.82, 2.24) is 9.97 Å². The van der Waals surface area contributed by atoms with Gasteiger partial charge in [-0.25, -0.2) is 18.4 Å². The Balaban J connectivity index is 1.75. The Morgan fingerprint density at radius 3 is 2.43 bits per heavy atom. The molecule has 0 saturated heterocycles. The first-order valence-electron chi connectivity index (χ1n) is 10.7. The summed E-state index contributed by atoms with van der Waals surface area (Å²) < 4.78 is 34.3. The van der Waals surface area contributed by atoms with Crippen molar-refractivity contribution in [2.24, 2.45) is 0 Å². The van der Waals surface area contributed by atoms with Gasteiger partial charge in [-0.15, -0.1) is 11.6 Å². The number of aromatic nitrogens is 2. The molecule has 1 heterocycles. The van der Waals surface area contributed by atoms with Crippen molar-refractivity contribution in [3.63, 3.8) is 0 Å². The first-order valence-corrected chi connectivity index (χ1v) is 13.7. The van der Waals surface area contributed by atoms with Gasteiger partial charge >= 0.3 is 0 Å². The number of hydrogen-bond donors (Lipinski definition) is 0. The third-order valence-corrected chi connectivity index (χ3v) is 6.54. The second-order valence-corrected chi connectivity index (χ2v) is 11.4. The molecule has 0 spiro atoms. The number of alkyl halides is 1. The van der Waals surface area contributed by atoms with Gasteiger partial charge < -0.3 is 9.47 Å². The van der Waals surface area contributed by atoms with Crippen molar-refractivity contribution >= 4 is 33.0 Å². The summed E-state index contributed by atoms with van der Waals surface area (Å²) in [4.78, 5) is 8.24. The molecule has 0 aliphatic rings. The Morgan fingerprint density at radius 1 is 1.09 bits per heavy atom. The highest BCUT2D eigenvalue weighted by molar-refractivity contribution is 7.89. The van der Waals surface area contributed by atoms with Crippen LogP contribution in [0.25, 0.3) is 0 Å². The number of sulfone groups is 1. The Kier molecular flexibility index (Phi) is 8.60. The van der Waals surface area contributed by atoms with E-state index < -0.39 is 15.3 Å². The van der Waals surface area contributed by atoms with Crippen LogP contribution in [0.2, 0.25) is 5.02 Å². The zero-order valence-corrected chi connectivity index (χ0v) is 21.9. The van der Waals surface area contributed by atoms with E-state index in [1.165, 1.54) is 6.20 Å². The van der Waals surface area contributed by atoms with Crippen LogP contribution in [0, 0.1) is 11.3 Å². The fraction of sp³-hybridized carbons (Fsp3) is 0.320. The Labute approximate surface area is 215 Å². The number of halogens is 2. The minimum absolute atomic E-state index is 0.174. The van der Waals surface area contributed by atoms with Gasteiger partial charge in [0.15, 0.2) is 15.6 Å². The van der Waals surface area contributed by atoms with Crippen molar-refractivity contribution in [2.75, 3.05) is 18.7 Å². The van der Waals surface area contributed by atoms with Gasteiger partial charge in [-0.05, 0) is 41.5 Å². The Morgan fingerprint density at radius 2 is 1.80 bits per heavy atom. The molecule has 3 rings (SSSR count). The molecule has 10 heteroatoms. The van der Waals surface area contributed by atoms with Gasteiger partial charge in [0.2, 0.25) is 0 Å². The highest BCUT2D eigenvalue weighted by Crippen LogP contribution is 2.38. The van der Waals surface area contributed by atoms with E-state index in [2.05, 4.69) is 16.0 Å². The van der Waals surface area contributed by atoms with E-state index in [9.17, 15) is 13.7 Å². The van der Waals surface area contributed by atoms with Crippen LogP contribution in [0.1, 0.15) is 42.1 Å². The molecule has 2 aromatic carbocycles. The van der Waals surface area contributed by atoms with Crippen LogP contribution in [-0.4, -0.2) is 37.1 Å². The van der Waals surface area contributed by atoms with Crippen LogP contribution in [0.15, 0.2) is 48.7 Å². The molecule has 0 atom stereocenters. The van der Waals surface area contributed by atoms with Crippen LogP contribution in [0.5, 0.6) is 11.5 Å². The number of benzene rings is 2. The third kappa shape index (κ3) is 7.07. The molecule has 3 aromatic rings. The lowest BCUT2D eigenvalue weighted by Gasteiger charge is -2.27. The summed E-state index contributed by atoms with van der Waals surface area (Å²) in [6.45, 7) is 4.51. The molecule has 0 fully saturated rings. The summed E-state index contributed by atoms with van der Waals surface area (Å²) >= 11 is 12.1. The average Bonchev–Trinajstić information content (AvgIpc) is 2.81. The minimum Gasteiger partial charge on any atom is -0.489 e. The van der Waals surface area contributed by atoms with E-state index in [0.717, 1.165) is 17.4 Å². The number of rotatable bonds is 10. The maximum Gasteiger partial charge on any atom is 0.155 e. The maximum atomic E-state index is 11.5. The summed E-state index contributed by atoms with van der Waals surface area (Å²) in [6.07, 6.45) is 2.66. The van der Waals surface area contributed by atoms with Crippen molar-refractivity contribution in [3.8, 4) is 17.6 Å². The Hall–Kier alpha value is -2.86. The molecule has 0 radical (unpaired) electrons.